The van der Waals surface area contributed by atoms with Crippen LogP contribution in [-0.2, 0) is 13.1 Å². The molecule has 0 aliphatic rings. The van der Waals surface area contributed by atoms with Gasteiger partial charge in [0, 0.05) is 18.3 Å². The minimum absolute atomic E-state index is 0.0594. The van der Waals surface area contributed by atoms with Crippen LogP contribution in [0.2, 0.25) is 0 Å². The maximum absolute atomic E-state index is 12.0. The summed E-state index contributed by atoms with van der Waals surface area (Å²) >= 11 is 0. The van der Waals surface area contributed by atoms with Crippen LogP contribution in [0.15, 0.2) is 6.20 Å². The van der Waals surface area contributed by atoms with E-state index >= 15 is 0 Å². The summed E-state index contributed by atoms with van der Waals surface area (Å²) in [6.07, 6.45) is 1.76. The van der Waals surface area contributed by atoms with E-state index in [1.165, 1.54) is 4.68 Å². The third kappa shape index (κ3) is 3.83. The van der Waals surface area contributed by atoms with Gasteiger partial charge in [0.2, 0.25) is 0 Å². The van der Waals surface area contributed by atoms with E-state index in [2.05, 4.69) is 36.4 Å². The van der Waals surface area contributed by atoms with E-state index < -0.39 is 6.67 Å². The van der Waals surface area contributed by atoms with Gasteiger partial charge in [0.1, 0.15) is 6.67 Å². The lowest BCUT2D eigenvalue weighted by Crippen LogP contribution is -2.35. The van der Waals surface area contributed by atoms with Crippen LogP contribution in [0.1, 0.15) is 26.5 Å². The largest absolute Gasteiger partial charge is 0.306 e. The predicted octanol–water partition coefficient (Wildman–Crippen LogP) is 1.14. The number of halogens is 1. The van der Waals surface area contributed by atoms with Crippen LogP contribution in [0.25, 0.3) is 0 Å². The highest BCUT2D eigenvalue weighted by Crippen LogP contribution is 2.01. The van der Waals surface area contributed by atoms with Gasteiger partial charge < -0.3 is 5.32 Å². The van der Waals surface area contributed by atoms with Gasteiger partial charge in [-0.05, 0) is 20.8 Å². The molecule has 1 aromatic rings. The van der Waals surface area contributed by atoms with Crippen LogP contribution in [0, 0.1) is 0 Å². The summed E-state index contributed by atoms with van der Waals surface area (Å²) in [4.78, 5) is 0. The van der Waals surface area contributed by atoms with Crippen LogP contribution in [0.4, 0.5) is 4.39 Å². The number of alkyl halides is 1. The van der Waals surface area contributed by atoms with Crippen molar-refractivity contribution >= 4 is 0 Å². The molecule has 5 heteroatoms. The van der Waals surface area contributed by atoms with Crippen LogP contribution in [-0.4, -0.2) is 27.2 Å². The molecule has 1 heterocycles. The molecule has 1 rings (SSSR count). The van der Waals surface area contributed by atoms with E-state index in [-0.39, 0.29) is 12.1 Å². The fourth-order valence-corrected chi connectivity index (χ4v) is 0.971. The molecular formula is C9H17FN4. The van der Waals surface area contributed by atoms with Gasteiger partial charge in [-0.3, -0.25) is 0 Å². The van der Waals surface area contributed by atoms with E-state index in [9.17, 15) is 4.39 Å². The second kappa shape index (κ2) is 4.50. The molecule has 0 saturated heterocycles. The summed E-state index contributed by atoms with van der Waals surface area (Å²) < 4.78 is 13.5. The first-order valence-electron chi connectivity index (χ1n) is 4.71. The second-order valence-corrected chi connectivity index (χ2v) is 4.27. The number of hydrogen-bond donors (Lipinski definition) is 1. The molecule has 0 fully saturated rings. The molecule has 0 atom stereocenters. The summed E-state index contributed by atoms with van der Waals surface area (Å²) in [7, 11) is 0. The van der Waals surface area contributed by atoms with Crippen molar-refractivity contribution in [3.8, 4) is 0 Å². The normalized spacial score (nSPS) is 12.0. The summed E-state index contributed by atoms with van der Waals surface area (Å²) in [6, 6.07) is 0. The molecule has 14 heavy (non-hydrogen) atoms. The Labute approximate surface area is 83.5 Å². The van der Waals surface area contributed by atoms with Gasteiger partial charge in [-0.25, -0.2) is 9.07 Å². The number of aryl methyl sites for hydroxylation is 1. The van der Waals surface area contributed by atoms with Crippen molar-refractivity contribution in [1.82, 2.24) is 20.3 Å². The molecule has 0 spiro atoms. The first-order chi connectivity index (χ1) is 6.51. The quantitative estimate of drug-likeness (QED) is 0.792. The Bertz CT molecular complexity index is 277. The van der Waals surface area contributed by atoms with E-state index in [0.29, 0.717) is 6.54 Å². The number of hydrogen-bond acceptors (Lipinski definition) is 3. The SMILES string of the molecule is CC(C)(C)NCc1cn(CCF)nn1. The highest BCUT2D eigenvalue weighted by molar-refractivity contribution is 4.92. The van der Waals surface area contributed by atoms with E-state index in [1.807, 2.05) is 0 Å². The Morgan fingerprint density at radius 1 is 1.50 bits per heavy atom. The van der Waals surface area contributed by atoms with Crippen molar-refractivity contribution in [1.29, 1.82) is 0 Å². The number of nitrogens with zero attached hydrogens (tertiary/aromatic N) is 3. The van der Waals surface area contributed by atoms with Crippen LogP contribution >= 0.6 is 0 Å². The Morgan fingerprint density at radius 2 is 2.21 bits per heavy atom. The minimum Gasteiger partial charge on any atom is -0.306 e. The molecule has 0 aliphatic heterocycles. The number of aromatic nitrogens is 3. The smallest absolute Gasteiger partial charge is 0.109 e. The zero-order chi connectivity index (χ0) is 10.6. The van der Waals surface area contributed by atoms with Crippen molar-refractivity contribution in [3.63, 3.8) is 0 Å². The average molecular weight is 200 g/mol. The molecule has 0 unspecified atom stereocenters. The number of nitrogens with one attached hydrogen (secondary N) is 1. The topological polar surface area (TPSA) is 42.7 Å². The van der Waals surface area contributed by atoms with Crippen LogP contribution in [0.5, 0.6) is 0 Å². The van der Waals surface area contributed by atoms with Crippen molar-refractivity contribution in [3.05, 3.63) is 11.9 Å². The lowest BCUT2D eigenvalue weighted by atomic mass is 10.1. The standard InChI is InChI=1S/C9H17FN4/c1-9(2,3)11-6-8-7-14(5-4-10)13-12-8/h7,11H,4-6H2,1-3H3. The van der Waals surface area contributed by atoms with Gasteiger partial charge in [0.05, 0.1) is 12.2 Å². The molecule has 0 bridgehead atoms. The zero-order valence-electron chi connectivity index (χ0n) is 8.92. The summed E-state index contributed by atoms with van der Waals surface area (Å²) in [5.74, 6) is 0. The van der Waals surface area contributed by atoms with Gasteiger partial charge in [-0.1, -0.05) is 5.21 Å². The highest BCUT2D eigenvalue weighted by atomic mass is 19.1. The molecule has 0 radical (unpaired) electrons. The molecule has 4 nitrogen and oxygen atoms in total. The minimum atomic E-state index is -0.407. The van der Waals surface area contributed by atoms with Crippen molar-refractivity contribution in [2.24, 2.45) is 0 Å². The lowest BCUT2D eigenvalue weighted by molar-refractivity contribution is 0.420. The maximum atomic E-state index is 12.0. The molecule has 80 valence electrons. The summed E-state index contributed by atoms with van der Waals surface area (Å²) in [5, 5.41) is 11.0. The second-order valence-electron chi connectivity index (χ2n) is 4.27. The van der Waals surface area contributed by atoms with E-state index in [4.69, 9.17) is 0 Å². The summed E-state index contributed by atoms with van der Waals surface area (Å²) in [5.41, 5.74) is 0.900. The van der Waals surface area contributed by atoms with Gasteiger partial charge in [0.25, 0.3) is 0 Å². The summed E-state index contributed by atoms with van der Waals surface area (Å²) in [6.45, 7) is 6.78. The van der Waals surface area contributed by atoms with Crippen molar-refractivity contribution in [2.75, 3.05) is 6.67 Å². The van der Waals surface area contributed by atoms with Gasteiger partial charge in [0.15, 0.2) is 0 Å². The highest BCUT2D eigenvalue weighted by Gasteiger charge is 2.09. The molecule has 0 aliphatic carbocycles. The van der Waals surface area contributed by atoms with Crippen molar-refractivity contribution in [2.45, 2.75) is 39.4 Å². The van der Waals surface area contributed by atoms with Gasteiger partial charge in [-0.15, -0.1) is 5.10 Å². The zero-order valence-corrected chi connectivity index (χ0v) is 8.92. The van der Waals surface area contributed by atoms with Crippen LogP contribution < -0.4 is 5.32 Å². The van der Waals surface area contributed by atoms with Gasteiger partial charge >= 0.3 is 0 Å². The predicted molar refractivity (Wildman–Crippen MR) is 52.6 cm³/mol. The maximum Gasteiger partial charge on any atom is 0.109 e. The number of rotatable bonds is 4. The molecular weight excluding hydrogens is 183 g/mol. The Balaban J connectivity index is 2.44. The average Bonchev–Trinajstić information content (AvgIpc) is 2.49. The molecule has 0 amide bonds. The Kier molecular flexibility index (Phi) is 3.57. The molecule has 0 saturated carbocycles. The van der Waals surface area contributed by atoms with Crippen molar-refractivity contribution < 1.29 is 4.39 Å². The Morgan fingerprint density at radius 3 is 2.79 bits per heavy atom. The third-order valence-corrected chi connectivity index (χ3v) is 1.70. The van der Waals surface area contributed by atoms with E-state index in [0.717, 1.165) is 5.69 Å². The fraction of sp³-hybridized carbons (Fsp3) is 0.778. The third-order valence-electron chi connectivity index (χ3n) is 1.70. The fourth-order valence-electron chi connectivity index (χ4n) is 0.971. The lowest BCUT2D eigenvalue weighted by Gasteiger charge is -2.19. The first kappa shape index (κ1) is 11.1. The Hall–Kier alpha value is -0.970. The molecule has 1 aromatic heterocycles. The monoisotopic (exact) mass is 200 g/mol. The molecule has 0 aromatic carbocycles. The first-order valence-corrected chi connectivity index (χ1v) is 4.71. The van der Waals surface area contributed by atoms with Gasteiger partial charge in [-0.2, -0.15) is 0 Å². The molecule has 1 N–H and O–H groups in total. The van der Waals surface area contributed by atoms with E-state index in [1.54, 1.807) is 6.20 Å². The van der Waals surface area contributed by atoms with Crippen LogP contribution in [0.3, 0.4) is 0 Å².